The summed E-state index contributed by atoms with van der Waals surface area (Å²) >= 11 is 0. The molecule has 0 aromatic carbocycles. The Labute approximate surface area is 124 Å². The van der Waals surface area contributed by atoms with Gasteiger partial charge < -0.3 is 9.84 Å². The smallest absolute Gasteiger partial charge is 0.216 e. The first kappa shape index (κ1) is 14.7. The van der Waals surface area contributed by atoms with Crippen LogP contribution >= 0.6 is 0 Å². The topological polar surface area (TPSA) is 45.6 Å². The summed E-state index contributed by atoms with van der Waals surface area (Å²) in [6.45, 7) is 1.86. The van der Waals surface area contributed by atoms with Gasteiger partial charge in [-0.25, -0.2) is 0 Å². The molecule has 0 amide bonds. The minimum atomic E-state index is -0.504. The highest BCUT2D eigenvalue weighted by Crippen LogP contribution is 2.26. The second-order valence-electron chi connectivity index (χ2n) is 6.07. The van der Waals surface area contributed by atoms with Gasteiger partial charge in [-0.05, 0) is 31.7 Å². The molecule has 1 N–H and O–H groups in total. The summed E-state index contributed by atoms with van der Waals surface area (Å²) in [5, 5.41) is 10.1. The van der Waals surface area contributed by atoms with Crippen molar-refractivity contribution in [2.75, 3.05) is 13.1 Å². The van der Waals surface area contributed by atoms with E-state index in [2.05, 4.69) is 9.88 Å². The molecule has 0 spiro atoms. The number of ether oxygens (including phenoxy) is 1. The van der Waals surface area contributed by atoms with Crippen molar-refractivity contribution in [3.05, 3.63) is 24.1 Å². The predicted molar refractivity (Wildman–Crippen MR) is 77.7 cm³/mol. The summed E-state index contributed by atoms with van der Waals surface area (Å²) in [6.07, 6.45) is 6.10. The fraction of sp³-hybridized carbons (Fsp3) is 0.688. The third-order valence-electron chi connectivity index (χ3n) is 4.62. The van der Waals surface area contributed by atoms with Crippen molar-refractivity contribution in [3.8, 4) is 5.88 Å². The Kier molecular flexibility index (Phi) is 4.70. The fourth-order valence-corrected chi connectivity index (χ4v) is 3.47. The quantitative estimate of drug-likeness (QED) is 0.869. The third kappa shape index (κ3) is 3.71. The van der Waals surface area contributed by atoms with Crippen molar-refractivity contribution in [2.45, 2.75) is 56.8 Å². The Hall–Kier alpha value is -1.20. The van der Waals surface area contributed by atoms with Crippen molar-refractivity contribution < 1.29 is 14.2 Å². The van der Waals surface area contributed by atoms with Crippen LogP contribution in [0.5, 0.6) is 5.88 Å². The second kappa shape index (κ2) is 6.71. The molecule has 1 aromatic rings. The van der Waals surface area contributed by atoms with Crippen LogP contribution in [-0.2, 0) is 0 Å². The molecule has 1 saturated heterocycles. The van der Waals surface area contributed by atoms with Crippen molar-refractivity contribution in [1.29, 1.82) is 0 Å². The van der Waals surface area contributed by atoms with E-state index < -0.39 is 5.95 Å². The molecule has 2 atom stereocenters. The first-order valence-corrected chi connectivity index (χ1v) is 7.94. The summed E-state index contributed by atoms with van der Waals surface area (Å²) in [5.74, 6) is -0.138. The highest BCUT2D eigenvalue weighted by Gasteiger charge is 2.31. The molecular formula is C16H23FN2O2. The lowest BCUT2D eigenvalue weighted by Crippen LogP contribution is -2.50. The lowest BCUT2D eigenvalue weighted by atomic mass is 9.90. The Bertz CT molecular complexity index is 463. The van der Waals surface area contributed by atoms with Gasteiger partial charge in [0.1, 0.15) is 6.10 Å². The minimum absolute atomic E-state index is 0.0938. The van der Waals surface area contributed by atoms with E-state index in [1.807, 2.05) is 0 Å². The van der Waals surface area contributed by atoms with E-state index in [0.717, 1.165) is 45.2 Å². The molecular weight excluding hydrogens is 271 g/mol. The molecule has 1 aromatic heterocycles. The molecule has 2 unspecified atom stereocenters. The van der Waals surface area contributed by atoms with Crippen LogP contribution in [0.3, 0.4) is 0 Å². The maximum absolute atomic E-state index is 13.0. The summed E-state index contributed by atoms with van der Waals surface area (Å²) < 4.78 is 18.8. The van der Waals surface area contributed by atoms with Crippen LogP contribution in [0.4, 0.5) is 4.39 Å². The van der Waals surface area contributed by atoms with Crippen LogP contribution in [0, 0.1) is 5.95 Å². The van der Waals surface area contributed by atoms with Crippen LogP contribution in [0.1, 0.15) is 38.5 Å². The lowest BCUT2D eigenvalue weighted by Gasteiger charge is -2.41. The Morgan fingerprint density at radius 3 is 2.62 bits per heavy atom. The number of likely N-dealkylation sites (tertiary alicyclic amines) is 1. The van der Waals surface area contributed by atoms with Crippen molar-refractivity contribution in [2.24, 2.45) is 0 Å². The van der Waals surface area contributed by atoms with E-state index in [4.69, 9.17) is 4.74 Å². The summed E-state index contributed by atoms with van der Waals surface area (Å²) in [4.78, 5) is 6.14. The fourth-order valence-electron chi connectivity index (χ4n) is 3.47. The van der Waals surface area contributed by atoms with Crippen LogP contribution in [-0.4, -0.2) is 46.3 Å². The molecule has 1 saturated carbocycles. The molecule has 21 heavy (non-hydrogen) atoms. The zero-order chi connectivity index (χ0) is 14.7. The molecule has 1 aliphatic heterocycles. The SMILES string of the molecule is OC1CCCCC1N1CCC(Oc2cccc(F)n2)CC1. The standard InChI is InChI=1S/C16H23FN2O2/c17-15-6-3-7-16(18-15)21-12-8-10-19(11-9-12)13-4-1-2-5-14(13)20/h3,6-7,12-14,20H,1-2,4-5,8-11H2. The largest absolute Gasteiger partial charge is 0.474 e. The van der Waals surface area contributed by atoms with Gasteiger partial charge in [-0.1, -0.05) is 18.9 Å². The third-order valence-corrected chi connectivity index (χ3v) is 4.62. The van der Waals surface area contributed by atoms with E-state index in [1.165, 1.54) is 12.5 Å². The van der Waals surface area contributed by atoms with Gasteiger partial charge in [0.2, 0.25) is 11.8 Å². The Balaban J connectivity index is 1.50. The maximum Gasteiger partial charge on any atom is 0.216 e. The Morgan fingerprint density at radius 1 is 1.14 bits per heavy atom. The zero-order valence-corrected chi connectivity index (χ0v) is 12.2. The molecule has 2 fully saturated rings. The monoisotopic (exact) mass is 294 g/mol. The van der Waals surface area contributed by atoms with Gasteiger partial charge in [0.25, 0.3) is 0 Å². The summed E-state index contributed by atoms with van der Waals surface area (Å²) in [7, 11) is 0. The second-order valence-corrected chi connectivity index (χ2v) is 6.07. The summed E-state index contributed by atoms with van der Waals surface area (Å²) in [5.41, 5.74) is 0. The van der Waals surface area contributed by atoms with Crippen LogP contribution in [0.15, 0.2) is 18.2 Å². The van der Waals surface area contributed by atoms with E-state index in [1.54, 1.807) is 12.1 Å². The highest BCUT2D eigenvalue weighted by atomic mass is 19.1. The predicted octanol–water partition coefficient (Wildman–Crippen LogP) is 2.37. The molecule has 0 bridgehead atoms. The molecule has 5 heteroatoms. The number of rotatable bonds is 3. The summed E-state index contributed by atoms with van der Waals surface area (Å²) in [6, 6.07) is 4.94. The molecule has 116 valence electrons. The molecule has 2 aliphatic rings. The van der Waals surface area contributed by atoms with Crippen LogP contribution in [0.25, 0.3) is 0 Å². The maximum atomic E-state index is 13.0. The van der Waals surface area contributed by atoms with Crippen LogP contribution in [0.2, 0.25) is 0 Å². The number of hydrogen-bond donors (Lipinski definition) is 1. The number of aliphatic hydroxyl groups is 1. The number of aromatic nitrogens is 1. The number of halogens is 1. The van der Waals surface area contributed by atoms with Gasteiger partial charge in [0.05, 0.1) is 6.10 Å². The zero-order valence-electron chi connectivity index (χ0n) is 12.2. The number of pyridine rings is 1. The highest BCUT2D eigenvalue weighted by molar-refractivity contribution is 5.10. The lowest BCUT2D eigenvalue weighted by molar-refractivity contribution is -0.00761. The normalized spacial score (nSPS) is 28.5. The van der Waals surface area contributed by atoms with Gasteiger partial charge in [-0.3, -0.25) is 4.90 Å². The Morgan fingerprint density at radius 2 is 1.90 bits per heavy atom. The average Bonchev–Trinajstić information content (AvgIpc) is 2.49. The molecule has 2 heterocycles. The van der Waals surface area contributed by atoms with E-state index >= 15 is 0 Å². The van der Waals surface area contributed by atoms with Gasteiger partial charge in [0.15, 0.2) is 0 Å². The molecule has 0 radical (unpaired) electrons. The van der Waals surface area contributed by atoms with Crippen molar-refractivity contribution in [3.63, 3.8) is 0 Å². The molecule has 3 rings (SSSR count). The van der Waals surface area contributed by atoms with Gasteiger partial charge >= 0.3 is 0 Å². The van der Waals surface area contributed by atoms with E-state index in [9.17, 15) is 9.50 Å². The van der Waals surface area contributed by atoms with Crippen molar-refractivity contribution in [1.82, 2.24) is 9.88 Å². The van der Waals surface area contributed by atoms with Gasteiger partial charge in [0, 0.05) is 25.2 Å². The van der Waals surface area contributed by atoms with Crippen LogP contribution < -0.4 is 4.74 Å². The number of nitrogens with zero attached hydrogens (tertiary/aromatic N) is 2. The number of piperidine rings is 1. The first-order valence-electron chi connectivity index (χ1n) is 7.94. The molecule has 1 aliphatic carbocycles. The van der Waals surface area contributed by atoms with E-state index in [0.29, 0.717) is 11.9 Å². The number of aliphatic hydroxyl groups excluding tert-OH is 1. The number of hydrogen-bond acceptors (Lipinski definition) is 4. The van der Waals surface area contributed by atoms with E-state index in [-0.39, 0.29) is 12.2 Å². The average molecular weight is 294 g/mol. The van der Waals surface area contributed by atoms with Crippen molar-refractivity contribution >= 4 is 0 Å². The van der Waals surface area contributed by atoms with Gasteiger partial charge in [-0.2, -0.15) is 9.37 Å². The first-order chi connectivity index (χ1) is 10.2. The molecule has 4 nitrogen and oxygen atoms in total. The van der Waals surface area contributed by atoms with Gasteiger partial charge in [-0.15, -0.1) is 0 Å². The minimum Gasteiger partial charge on any atom is -0.474 e.